The van der Waals surface area contributed by atoms with Gasteiger partial charge in [0.1, 0.15) is 5.57 Å². The molecule has 0 amide bonds. The van der Waals surface area contributed by atoms with Gasteiger partial charge in [0.15, 0.2) is 0 Å². The van der Waals surface area contributed by atoms with Crippen molar-refractivity contribution in [2.24, 2.45) is 0 Å². The van der Waals surface area contributed by atoms with Gasteiger partial charge in [0.25, 0.3) is 5.95 Å². The van der Waals surface area contributed by atoms with E-state index < -0.39 is 11.9 Å². The minimum absolute atomic E-state index is 0.0602. The summed E-state index contributed by atoms with van der Waals surface area (Å²) in [5.74, 6) is -1.01. The summed E-state index contributed by atoms with van der Waals surface area (Å²) >= 11 is 0. The molecule has 0 radical (unpaired) electrons. The summed E-state index contributed by atoms with van der Waals surface area (Å²) in [7, 11) is 2.50. The molecule has 0 saturated heterocycles. The molecule has 0 aromatic rings. The van der Waals surface area contributed by atoms with E-state index in [2.05, 4.69) is 9.47 Å². The van der Waals surface area contributed by atoms with Crippen molar-refractivity contribution in [3.63, 3.8) is 0 Å². The van der Waals surface area contributed by atoms with Crippen molar-refractivity contribution in [3.05, 3.63) is 11.5 Å². The number of aliphatic hydroxyl groups is 1. The van der Waals surface area contributed by atoms with Crippen LogP contribution >= 0.6 is 0 Å². The maximum Gasteiger partial charge on any atom is 0.340 e. The van der Waals surface area contributed by atoms with Crippen LogP contribution in [0.1, 0.15) is 6.92 Å². The SMILES string of the molecule is COC(=O)/C(C)=C(\O)OC. The predicted molar refractivity (Wildman–Crippen MR) is 34.4 cm³/mol. The molecule has 1 N–H and O–H groups in total. The van der Waals surface area contributed by atoms with Gasteiger partial charge in [-0.05, 0) is 6.92 Å². The Hall–Kier alpha value is -1.19. The van der Waals surface area contributed by atoms with Crippen LogP contribution in [-0.4, -0.2) is 25.3 Å². The molecule has 0 heterocycles. The van der Waals surface area contributed by atoms with Gasteiger partial charge in [-0.3, -0.25) is 0 Å². The Morgan fingerprint density at radius 3 is 2.10 bits per heavy atom. The normalized spacial score (nSPS) is 11.9. The fraction of sp³-hybridized carbons (Fsp3) is 0.500. The lowest BCUT2D eigenvalue weighted by atomic mass is 10.3. The first-order valence-electron chi connectivity index (χ1n) is 2.65. The number of ether oxygens (including phenoxy) is 2. The van der Waals surface area contributed by atoms with Gasteiger partial charge in [-0.25, -0.2) is 4.79 Å². The summed E-state index contributed by atoms with van der Waals surface area (Å²) in [5, 5.41) is 8.78. The Bertz CT molecular complexity index is 159. The molecule has 0 saturated carbocycles. The molecule has 0 bridgehead atoms. The minimum atomic E-state index is -0.598. The van der Waals surface area contributed by atoms with Crippen LogP contribution in [0.3, 0.4) is 0 Å². The number of methoxy groups -OCH3 is 2. The van der Waals surface area contributed by atoms with E-state index in [0.717, 1.165) is 0 Å². The second-order valence-corrected chi connectivity index (χ2v) is 1.63. The third-order valence-electron chi connectivity index (χ3n) is 1.01. The molecule has 0 spiro atoms. The number of hydrogen-bond donors (Lipinski definition) is 1. The Morgan fingerprint density at radius 2 is 1.80 bits per heavy atom. The lowest BCUT2D eigenvalue weighted by molar-refractivity contribution is -0.136. The first-order chi connectivity index (χ1) is 4.63. The van der Waals surface area contributed by atoms with Crippen LogP contribution in [0.4, 0.5) is 0 Å². The number of rotatable bonds is 2. The van der Waals surface area contributed by atoms with Crippen molar-refractivity contribution in [3.8, 4) is 0 Å². The zero-order valence-corrected chi connectivity index (χ0v) is 6.17. The Kier molecular flexibility index (Phi) is 3.32. The molecule has 0 aliphatic heterocycles. The number of aliphatic hydroxyl groups excluding tert-OH is 1. The highest BCUT2D eigenvalue weighted by Crippen LogP contribution is 2.01. The van der Waals surface area contributed by atoms with E-state index in [1.807, 2.05) is 0 Å². The molecule has 0 aromatic carbocycles. The molecule has 0 atom stereocenters. The van der Waals surface area contributed by atoms with Crippen LogP contribution in [0.15, 0.2) is 11.5 Å². The lowest BCUT2D eigenvalue weighted by Crippen LogP contribution is -2.05. The van der Waals surface area contributed by atoms with Gasteiger partial charge >= 0.3 is 5.97 Å². The van der Waals surface area contributed by atoms with Gasteiger partial charge in [-0.15, -0.1) is 0 Å². The van der Waals surface area contributed by atoms with Gasteiger partial charge in [-0.1, -0.05) is 0 Å². The topological polar surface area (TPSA) is 55.8 Å². The summed E-state index contributed by atoms with van der Waals surface area (Å²) in [6.07, 6.45) is 0. The zero-order valence-electron chi connectivity index (χ0n) is 6.17. The maximum atomic E-state index is 10.6. The summed E-state index contributed by atoms with van der Waals surface area (Å²) < 4.78 is 8.67. The van der Waals surface area contributed by atoms with Crippen LogP contribution < -0.4 is 0 Å². The summed E-state index contributed by atoms with van der Waals surface area (Å²) in [6.45, 7) is 1.41. The van der Waals surface area contributed by atoms with Crippen molar-refractivity contribution < 1.29 is 19.4 Å². The Labute approximate surface area is 59.1 Å². The van der Waals surface area contributed by atoms with E-state index in [1.165, 1.54) is 21.1 Å². The van der Waals surface area contributed by atoms with Crippen molar-refractivity contribution in [2.45, 2.75) is 6.92 Å². The van der Waals surface area contributed by atoms with E-state index in [9.17, 15) is 4.79 Å². The monoisotopic (exact) mass is 146 g/mol. The van der Waals surface area contributed by atoms with Crippen LogP contribution in [0, 0.1) is 0 Å². The molecule has 0 fully saturated rings. The van der Waals surface area contributed by atoms with Crippen LogP contribution in [-0.2, 0) is 14.3 Å². The van der Waals surface area contributed by atoms with E-state index in [1.54, 1.807) is 0 Å². The minimum Gasteiger partial charge on any atom is -0.481 e. The first-order valence-corrected chi connectivity index (χ1v) is 2.65. The van der Waals surface area contributed by atoms with Crippen molar-refractivity contribution >= 4 is 5.97 Å². The van der Waals surface area contributed by atoms with Gasteiger partial charge in [-0.2, -0.15) is 0 Å². The van der Waals surface area contributed by atoms with Crippen molar-refractivity contribution in [1.82, 2.24) is 0 Å². The van der Waals surface area contributed by atoms with E-state index in [0.29, 0.717) is 0 Å². The summed E-state index contributed by atoms with van der Waals surface area (Å²) in [4.78, 5) is 10.6. The average Bonchev–Trinajstić information content (AvgIpc) is 2.00. The fourth-order valence-corrected chi connectivity index (χ4v) is 0.393. The highest BCUT2D eigenvalue weighted by atomic mass is 16.6. The summed E-state index contributed by atoms with van der Waals surface area (Å²) in [5.41, 5.74) is 0.0602. The molecular formula is C6H10O4. The number of carbonyl (C=O) groups is 1. The van der Waals surface area contributed by atoms with Gasteiger partial charge in [0.2, 0.25) is 0 Å². The zero-order chi connectivity index (χ0) is 8.15. The Balaban J connectivity index is 4.30. The molecule has 0 aromatic heterocycles. The third-order valence-corrected chi connectivity index (χ3v) is 1.01. The highest BCUT2D eigenvalue weighted by Gasteiger charge is 2.09. The van der Waals surface area contributed by atoms with E-state index in [4.69, 9.17) is 5.11 Å². The average molecular weight is 146 g/mol. The molecule has 0 rings (SSSR count). The summed E-state index contributed by atoms with van der Waals surface area (Å²) in [6, 6.07) is 0. The quantitative estimate of drug-likeness (QED) is 0.352. The molecule has 4 nitrogen and oxygen atoms in total. The molecule has 0 unspecified atom stereocenters. The maximum absolute atomic E-state index is 10.6. The van der Waals surface area contributed by atoms with Crippen LogP contribution in [0.5, 0.6) is 0 Å². The largest absolute Gasteiger partial charge is 0.481 e. The molecular weight excluding hydrogens is 136 g/mol. The van der Waals surface area contributed by atoms with Gasteiger partial charge < -0.3 is 14.6 Å². The van der Waals surface area contributed by atoms with Gasteiger partial charge in [0.05, 0.1) is 14.2 Å². The van der Waals surface area contributed by atoms with E-state index in [-0.39, 0.29) is 5.57 Å². The fourth-order valence-electron chi connectivity index (χ4n) is 0.393. The molecule has 58 valence electrons. The van der Waals surface area contributed by atoms with E-state index >= 15 is 0 Å². The number of hydrogen-bond acceptors (Lipinski definition) is 4. The van der Waals surface area contributed by atoms with Crippen LogP contribution in [0.2, 0.25) is 0 Å². The second kappa shape index (κ2) is 3.76. The lowest BCUT2D eigenvalue weighted by Gasteiger charge is -2.00. The predicted octanol–water partition coefficient (Wildman–Crippen LogP) is 0.595. The second-order valence-electron chi connectivity index (χ2n) is 1.63. The third kappa shape index (κ3) is 1.97. The smallest absolute Gasteiger partial charge is 0.340 e. The molecule has 10 heavy (non-hydrogen) atoms. The number of carbonyl (C=O) groups excluding carboxylic acids is 1. The van der Waals surface area contributed by atoms with Gasteiger partial charge in [0, 0.05) is 0 Å². The highest BCUT2D eigenvalue weighted by molar-refractivity contribution is 5.87. The molecule has 4 heteroatoms. The first kappa shape index (κ1) is 8.81. The molecule has 0 aliphatic carbocycles. The number of esters is 1. The Morgan fingerprint density at radius 1 is 1.30 bits per heavy atom. The molecule has 0 aliphatic rings. The standard InChI is InChI=1S/C6H10O4/c1-4(5(7)9-2)6(8)10-3/h7H,1-3H3/b5-4+. The van der Waals surface area contributed by atoms with Crippen LogP contribution in [0.25, 0.3) is 0 Å². The van der Waals surface area contributed by atoms with Crippen molar-refractivity contribution in [1.29, 1.82) is 0 Å². The van der Waals surface area contributed by atoms with Crippen molar-refractivity contribution in [2.75, 3.05) is 14.2 Å².